The molecule has 0 spiro atoms. The van der Waals surface area contributed by atoms with Gasteiger partial charge in [0.1, 0.15) is 0 Å². The maximum Gasteiger partial charge on any atom is 0.0666 e. The van der Waals surface area contributed by atoms with E-state index in [0.29, 0.717) is 5.92 Å². The Morgan fingerprint density at radius 3 is 2.17 bits per heavy atom. The smallest absolute Gasteiger partial charge is 0.0666 e. The summed E-state index contributed by atoms with van der Waals surface area (Å²) < 4.78 is 0. The zero-order valence-electron chi connectivity index (χ0n) is 8.59. The van der Waals surface area contributed by atoms with E-state index in [1.54, 1.807) is 0 Å². The minimum Gasteiger partial charge on any atom is -0.315 e. The van der Waals surface area contributed by atoms with Crippen LogP contribution >= 0.6 is 0 Å². The summed E-state index contributed by atoms with van der Waals surface area (Å²) in [5.74, 6) is 1.54. The molecule has 2 atom stereocenters. The van der Waals surface area contributed by atoms with Gasteiger partial charge in [-0.15, -0.1) is 0 Å². The molecule has 0 aliphatic heterocycles. The van der Waals surface area contributed by atoms with Crippen LogP contribution in [0.3, 0.4) is 0 Å². The van der Waals surface area contributed by atoms with E-state index in [9.17, 15) is 0 Å². The molecule has 0 aromatic carbocycles. The predicted octanol–water partition coefficient (Wildman–Crippen LogP) is 2.03. The fourth-order valence-electron chi connectivity index (χ4n) is 0.809. The fourth-order valence-corrected chi connectivity index (χ4v) is 0.809. The van der Waals surface area contributed by atoms with Crippen LogP contribution in [-0.4, -0.2) is 13.1 Å². The van der Waals surface area contributed by atoms with Crippen molar-refractivity contribution in [2.24, 2.45) is 17.8 Å². The van der Waals surface area contributed by atoms with Crippen LogP contribution in [0, 0.1) is 29.1 Å². The van der Waals surface area contributed by atoms with Crippen molar-refractivity contribution in [2.45, 2.75) is 27.7 Å². The molecule has 12 heavy (non-hydrogen) atoms. The van der Waals surface area contributed by atoms with Gasteiger partial charge in [-0.25, -0.2) is 0 Å². The molecule has 0 aromatic rings. The zero-order valence-corrected chi connectivity index (χ0v) is 8.59. The quantitative estimate of drug-likeness (QED) is 0.681. The molecular weight excluding hydrogens is 148 g/mol. The first-order valence-corrected chi connectivity index (χ1v) is 4.68. The molecular formula is C10H20N2. The zero-order chi connectivity index (χ0) is 9.56. The largest absolute Gasteiger partial charge is 0.315 e. The summed E-state index contributed by atoms with van der Waals surface area (Å²) in [5, 5.41) is 11.8. The molecule has 0 heterocycles. The second-order valence-electron chi connectivity index (χ2n) is 3.91. The van der Waals surface area contributed by atoms with Crippen LogP contribution < -0.4 is 5.32 Å². The monoisotopic (exact) mass is 168 g/mol. The Kier molecular flexibility index (Phi) is 5.74. The van der Waals surface area contributed by atoms with Crippen molar-refractivity contribution in [1.82, 2.24) is 5.32 Å². The van der Waals surface area contributed by atoms with Gasteiger partial charge >= 0.3 is 0 Å². The van der Waals surface area contributed by atoms with Gasteiger partial charge in [0.2, 0.25) is 0 Å². The summed E-state index contributed by atoms with van der Waals surface area (Å²) in [5.41, 5.74) is 0. The lowest BCUT2D eigenvalue weighted by Gasteiger charge is -2.16. The normalized spacial score (nSPS) is 15.7. The standard InChI is InChI=1S/C10H20N2/c1-8(2)10(4)7-12-6-9(3)5-11/h8-10,12H,6-7H2,1-4H3. The average Bonchev–Trinajstić information content (AvgIpc) is 2.03. The number of nitriles is 1. The minimum absolute atomic E-state index is 0.129. The SMILES string of the molecule is CC(C#N)CNCC(C)C(C)C. The van der Waals surface area contributed by atoms with E-state index in [4.69, 9.17) is 5.26 Å². The number of rotatable bonds is 5. The molecule has 70 valence electrons. The first-order valence-electron chi connectivity index (χ1n) is 4.68. The Labute approximate surface area is 76.0 Å². The van der Waals surface area contributed by atoms with E-state index >= 15 is 0 Å². The Morgan fingerprint density at radius 1 is 1.17 bits per heavy atom. The average molecular weight is 168 g/mol. The molecule has 0 aromatic heterocycles. The highest BCUT2D eigenvalue weighted by Gasteiger charge is 2.06. The molecule has 2 unspecified atom stereocenters. The summed E-state index contributed by atoms with van der Waals surface area (Å²) in [6, 6.07) is 2.21. The molecule has 0 aliphatic carbocycles. The lowest BCUT2D eigenvalue weighted by atomic mass is 9.98. The van der Waals surface area contributed by atoms with E-state index in [-0.39, 0.29) is 5.92 Å². The summed E-state index contributed by atoms with van der Waals surface area (Å²) in [4.78, 5) is 0. The van der Waals surface area contributed by atoms with Crippen LogP contribution in [0.25, 0.3) is 0 Å². The second kappa shape index (κ2) is 6.02. The molecule has 0 radical (unpaired) electrons. The highest BCUT2D eigenvalue weighted by Crippen LogP contribution is 2.07. The summed E-state index contributed by atoms with van der Waals surface area (Å²) in [6.07, 6.45) is 0. The molecule has 0 rings (SSSR count). The molecule has 2 nitrogen and oxygen atoms in total. The highest BCUT2D eigenvalue weighted by atomic mass is 14.9. The minimum atomic E-state index is 0.129. The summed E-state index contributed by atoms with van der Waals surface area (Å²) in [7, 11) is 0. The highest BCUT2D eigenvalue weighted by molar-refractivity contribution is 4.80. The maximum absolute atomic E-state index is 8.52. The van der Waals surface area contributed by atoms with Crippen molar-refractivity contribution in [3.05, 3.63) is 0 Å². The van der Waals surface area contributed by atoms with Gasteiger partial charge in [-0.05, 0) is 25.3 Å². The van der Waals surface area contributed by atoms with E-state index in [1.807, 2.05) is 6.92 Å². The second-order valence-corrected chi connectivity index (χ2v) is 3.91. The van der Waals surface area contributed by atoms with Gasteiger partial charge in [0.15, 0.2) is 0 Å². The van der Waals surface area contributed by atoms with Crippen LogP contribution in [-0.2, 0) is 0 Å². The Balaban J connectivity index is 3.38. The van der Waals surface area contributed by atoms with E-state index in [1.165, 1.54) is 0 Å². The molecule has 2 heteroatoms. The molecule has 0 aliphatic rings. The Bertz CT molecular complexity index is 146. The van der Waals surface area contributed by atoms with Crippen LogP contribution in [0.2, 0.25) is 0 Å². The van der Waals surface area contributed by atoms with Crippen LogP contribution in [0.1, 0.15) is 27.7 Å². The van der Waals surface area contributed by atoms with Crippen molar-refractivity contribution >= 4 is 0 Å². The maximum atomic E-state index is 8.52. The van der Waals surface area contributed by atoms with Gasteiger partial charge in [-0.2, -0.15) is 5.26 Å². The lowest BCUT2D eigenvalue weighted by Crippen LogP contribution is -2.27. The van der Waals surface area contributed by atoms with E-state index < -0.39 is 0 Å². The van der Waals surface area contributed by atoms with Crippen molar-refractivity contribution in [1.29, 1.82) is 5.26 Å². The molecule has 0 bridgehead atoms. The first-order chi connectivity index (χ1) is 5.57. The van der Waals surface area contributed by atoms with Crippen molar-refractivity contribution < 1.29 is 0 Å². The van der Waals surface area contributed by atoms with Crippen molar-refractivity contribution in [3.63, 3.8) is 0 Å². The van der Waals surface area contributed by atoms with Crippen LogP contribution in [0.4, 0.5) is 0 Å². The van der Waals surface area contributed by atoms with Gasteiger partial charge in [-0.1, -0.05) is 20.8 Å². The van der Waals surface area contributed by atoms with Gasteiger partial charge in [0, 0.05) is 6.54 Å². The number of nitrogens with one attached hydrogen (secondary N) is 1. The van der Waals surface area contributed by atoms with Crippen LogP contribution in [0.15, 0.2) is 0 Å². The number of nitrogens with zero attached hydrogens (tertiary/aromatic N) is 1. The lowest BCUT2D eigenvalue weighted by molar-refractivity contribution is 0.387. The molecule has 0 saturated carbocycles. The number of hydrogen-bond acceptors (Lipinski definition) is 2. The van der Waals surface area contributed by atoms with E-state index in [0.717, 1.165) is 19.0 Å². The molecule has 0 fully saturated rings. The molecule has 0 saturated heterocycles. The van der Waals surface area contributed by atoms with Gasteiger partial charge in [-0.3, -0.25) is 0 Å². The molecule has 0 amide bonds. The predicted molar refractivity (Wildman–Crippen MR) is 51.6 cm³/mol. The number of hydrogen-bond donors (Lipinski definition) is 1. The third kappa shape index (κ3) is 5.15. The summed E-state index contributed by atoms with van der Waals surface area (Å²) >= 11 is 0. The Hall–Kier alpha value is -0.550. The first kappa shape index (κ1) is 11.4. The fraction of sp³-hybridized carbons (Fsp3) is 0.900. The third-order valence-electron chi connectivity index (χ3n) is 2.28. The van der Waals surface area contributed by atoms with Gasteiger partial charge in [0.05, 0.1) is 12.0 Å². The summed E-state index contributed by atoms with van der Waals surface area (Å²) in [6.45, 7) is 10.4. The van der Waals surface area contributed by atoms with Crippen molar-refractivity contribution in [3.8, 4) is 6.07 Å². The Morgan fingerprint density at radius 2 is 1.75 bits per heavy atom. The van der Waals surface area contributed by atoms with Crippen molar-refractivity contribution in [2.75, 3.05) is 13.1 Å². The van der Waals surface area contributed by atoms with E-state index in [2.05, 4.69) is 32.2 Å². The van der Waals surface area contributed by atoms with Gasteiger partial charge in [0.25, 0.3) is 0 Å². The topological polar surface area (TPSA) is 35.8 Å². The molecule has 1 N–H and O–H groups in total. The van der Waals surface area contributed by atoms with Crippen LogP contribution in [0.5, 0.6) is 0 Å². The third-order valence-corrected chi connectivity index (χ3v) is 2.28. The van der Waals surface area contributed by atoms with Gasteiger partial charge < -0.3 is 5.32 Å².